The molecule has 0 aromatic heterocycles. The molecule has 0 atom stereocenters. The third-order valence-corrected chi connectivity index (χ3v) is 3.06. The minimum atomic E-state index is -0.0498. The van der Waals surface area contributed by atoms with Gasteiger partial charge in [-0.2, -0.15) is 0 Å². The second kappa shape index (κ2) is 2.74. The van der Waals surface area contributed by atoms with Gasteiger partial charge in [0.1, 0.15) is 0 Å². The summed E-state index contributed by atoms with van der Waals surface area (Å²) in [6.07, 6.45) is 11.0. The van der Waals surface area contributed by atoms with Crippen LogP contribution in [0.3, 0.4) is 0 Å². The first-order valence-corrected chi connectivity index (χ1v) is 4.76. The molecule has 1 nitrogen and oxygen atoms in total. The average Bonchev–Trinajstić information content (AvgIpc) is 2.04. The molecule has 0 aromatic carbocycles. The van der Waals surface area contributed by atoms with E-state index in [1.807, 2.05) is 0 Å². The van der Waals surface area contributed by atoms with Gasteiger partial charge in [0.25, 0.3) is 0 Å². The molecule has 0 aromatic rings. The monoisotopic (exact) mass is 164 g/mol. The molecule has 1 saturated carbocycles. The first kappa shape index (κ1) is 8.06. The fraction of sp³-hybridized carbons (Fsp3) is 0.636. The Labute approximate surface area is 73.8 Å². The number of hydrogen-bond donors (Lipinski definition) is 1. The Morgan fingerprint density at radius 2 is 2.17 bits per heavy atom. The van der Waals surface area contributed by atoms with Gasteiger partial charge in [0, 0.05) is 0 Å². The lowest BCUT2D eigenvalue weighted by Crippen LogP contribution is -2.39. The summed E-state index contributed by atoms with van der Waals surface area (Å²) in [5.41, 5.74) is 1.73. The maximum Gasteiger partial charge on any atom is 0.0557 e. The highest BCUT2D eigenvalue weighted by Crippen LogP contribution is 2.47. The lowest BCUT2D eigenvalue weighted by Gasteiger charge is -2.44. The molecule has 1 N–H and O–H groups in total. The third-order valence-electron chi connectivity index (χ3n) is 3.06. The summed E-state index contributed by atoms with van der Waals surface area (Å²) >= 11 is 0. The maximum absolute atomic E-state index is 9.26. The summed E-state index contributed by atoms with van der Waals surface area (Å²) in [7, 11) is 0. The molecule has 1 fully saturated rings. The molecule has 0 unspecified atom stereocenters. The van der Waals surface area contributed by atoms with Crippen molar-refractivity contribution in [2.45, 2.75) is 38.7 Å². The second-order valence-electron chi connectivity index (χ2n) is 4.26. The first-order valence-electron chi connectivity index (χ1n) is 4.76. The van der Waals surface area contributed by atoms with Crippen LogP contribution in [0.4, 0.5) is 0 Å². The van der Waals surface area contributed by atoms with Crippen LogP contribution < -0.4 is 0 Å². The van der Waals surface area contributed by atoms with E-state index in [1.165, 1.54) is 18.4 Å². The molecular weight excluding hydrogens is 148 g/mol. The highest BCUT2D eigenvalue weighted by atomic mass is 16.3. The standard InChI is InChI=1S/C11H16O/c1-11(7-10(12)8-11)9-5-3-2-4-6-9/h3,5-6,10,12H,2,4,7-8H2,1H3. The largest absolute Gasteiger partial charge is 0.393 e. The molecule has 0 radical (unpaired) electrons. The molecule has 12 heavy (non-hydrogen) atoms. The van der Waals surface area contributed by atoms with Crippen molar-refractivity contribution >= 4 is 0 Å². The number of rotatable bonds is 1. The Morgan fingerprint density at radius 1 is 1.42 bits per heavy atom. The van der Waals surface area contributed by atoms with E-state index in [4.69, 9.17) is 0 Å². The summed E-state index contributed by atoms with van der Waals surface area (Å²) in [6.45, 7) is 2.25. The lowest BCUT2D eigenvalue weighted by atomic mass is 9.63. The van der Waals surface area contributed by atoms with Crippen molar-refractivity contribution in [3.8, 4) is 0 Å². The van der Waals surface area contributed by atoms with Gasteiger partial charge in [-0.1, -0.05) is 25.2 Å². The van der Waals surface area contributed by atoms with E-state index in [0.29, 0.717) is 0 Å². The van der Waals surface area contributed by atoms with Crippen LogP contribution in [0.1, 0.15) is 32.6 Å². The zero-order valence-electron chi connectivity index (χ0n) is 7.59. The van der Waals surface area contributed by atoms with Gasteiger partial charge in [-0.15, -0.1) is 0 Å². The molecular formula is C11H16O. The summed E-state index contributed by atoms with van der Waals surface area (Å²) in [4.78, 5) is 0. The molecule has 0 spiro atoms. The smallest absolute Gasteiger partial charge is 0.0557 e. The highest BCUT2D eigenvalue weighted by Gasteiger charge is 2.41. The van der Waals surface area contributed by atoms with Crippen molar-refractivity contribution < 1.29 is 5.11 Å². The van der Waals surface area contributed by atoms with Gasteiger partial charge < -0.3 is 5.11 Å². The quantitative estimate of drug-likeness (QED) is 0.631. The van der Waals surface area contributed by atoms with Gasteiger partial charge in [0.15, 0.2) is 0 Å². The molecule has 0 aliphatic heterocycles. The normalized spacial score (nSPS) is 40.5. The van der Waals surface area contributed by atoms with Gasteiger partial charge in [-0.3, -0.25) is 0 Å². The zero-order chi connectivity index (χ0) is 8.60. The Balaban J connectivity index is 2.09. The predicted octanol–water partition coefficient (Wildman–Crippen LogP) is 2.42. The van der Waals surface area contributed by atoms with Crippen LogP contribution in [0.2, 0.25) is 0 Å². The number of aliphatic hydroxyl groups excluding tert-OH is 1. The first-order chi connectivity index (χ1) is 5.71. The molecule has 0 saturated heterocycles. The summed E-state index contributed by atoms with van der Waals surface area (Å²) in [6, 6.07) is 0. The second-order valence-corrected chi connectivity index (χ2v) is 4.26. The van der Waals surface area contributed by atoms with E-state index >= 15 is 0 Å². The van der Waals surface area contributed by atoms with Gasteiger partial charge in [0.2, 0.25) is 0 Å². The van der Waals surface area contributed by atoms with E-state index < -0.39 is 0 Å². The van der Waals surface area contributed by atoms with E-state index in [2.05, 4.69) is 25.2 Å². The molecule has 0 heterocycles. The van der Waals surface area contributed by atoms with Crippen LogP contribution >= 0.6 is 0 Å². The molecule has 2 aliphatic carbocycles. The molecule has 2 rings (SSSR count). The van der Waals surface area contributed by atoms with Crippen LogP contribution in [-0.2, 0) is 0 Å². The minimum Gasteiger partial charge on any atom is -0.393 e. The summed E-state index contributed by atoms with van der Waals surface area (Å²) < 4.78 is 0. The van der Waals surface area contributed by atoms with Crippen molar-refractivity contribution in [2.75, 3.05) is 0 Å². The van der Waals surface area contributed by atoms with Crippen molar-refractivity contribution in [3.63, 3.8) is 0 Å². The van der Waals surface area contributed by atoms with E-state index in [1.54, 1.807) is 0 Å². The Morgan fingerprint density at radius 3 is 2.67 bits per heavy atom. The topological polar surface area (TPSA) is 20.2 Å². The molecule has 66 valence electrons. The molecule has 0 bridgehead atoms. The van der Waals surface area contributed by atoms with Crippen LogP contribution in [-0.4, -0.2) is 11.2 Å². The van der Waals surface area contributed by atoms with Crippen LogP contribution in [0.25, 0.3) is 0 Å². The van der Waals surface area contributed by atoms with Crippen LogP contribution in [0, 0.1) is 5.41 Å². The Hall–Kier alpha value is -0.560. The van der Waals surface area contributed by atoms with Crippen LogP contribution in [0.15, 0.2) is 23.8 Å². The van der Waals surface area contributed by atoms with E-state index in [-0.39, 0.29) is 11.5 Å². The number of allylic oxidation sites excluding steroid dienone is 4. The zero-order valence-corrected chi connectivity index (χ0v) is 7.59. The van der Waals surface area contributed by atoms with E-state index in [0.717, 1.165) is 12.8 Å². The Kier molecular flexibility index (Phi) is 1.84. The van der Waals surface area contributed by atoms with Crippen LogP contribution in [0.5, 0.6) is 0 Å². The van der Waals surface area contributed by atoms with Gasteiger partial charge in [0.05, 0.1) is 6.10 Å². The fourth-order valence-corrected chi connectivity index (χ4v) is 2.28. The number of aliphatic hydroxyl groups is 1. The molecule has 1 heteroatoms. The van der Waals surface area contributed by atoms with E-state index in [9.17, 15) is 5.11 Å². The predicted molar refractivity (Wildman–Crippen MR) is 49.8 cm³/mol. The SMILES string of the molecule is CC1(C2=CCCC=C2)CC(O)C1. The lowest BCUT2D eigenvalue weighted by molar-refractivity contribution is 0.00428. The fourth-order valence-electron chi connectivity index (χ4n) is 2.28. The van der Waals surface area contributed by atoms with Crippen molar-refractivity contribution in [3.05, 3.63) is 23.8 Å². The van der Waals surface area contributed by atoms with Crippen molar-refractivity contribution in [2.24, 2.45) is 5.41 Å². The van der Waals surface area contributed by atoms with Crippen molar-refractivity contribution in [1.29, 1.82) is 0 Å². The minimum absolute atomic E-state index is 0.0498. The van der Waals surface area contributed by atoms with Crippen molar-refractivity contribution in [1.82, 2.24) is 0 Å². The summed E-state index contributed by atoms with van der Waals surface area (Å²) in [5, 5.41) is 9.26. The highest BCUT2D eigenvalue weighted by molar-refractivity contribution is 5.31. The molecule has 0 amide bonds. The van der Waals surface area contributed by atoms with Gasteiger partial charge in [-0.25, -0.2) is 0 Å². The molecule has 2 aliphatic rings. The van der Waals surface area contributed by atoms with Gasteiger partial charge in [-0.05, 0) is 36.7 Å². The Bertz CT molecular complexity index is 231. The third kappa shape index (κ3) is 1.22. The number of hydrogen-bond acceptors (Lipinski definition) is 1. The summed E-state index contributed by atoms with van der Waals surface area (Å²) in [5.74, 6) is 0. The maximum atomic E-state index is 9.26. The average molecular weight is 164 g/mol. The van der Waals surface area contributed by atoms with Gasteiger partial charge >= 0.3 is 0 Å².